The lowest BCUT2D eigenvalue weighted by molar-refractivity contribution is -0.186. The normalized spacial score (nSPS) is 22.1. The zero-order chi connectivity index (χ0) is 32.2. The van der Waals surface area contributed by atoms with Crippen LogP contribution in [0.25, 0.3) is 0 Å². The second-order valence-corrected chi connectivity index (χ2v) is 10.9. The summed E-state index contributed by atoms with van der Waals surface area (Å²) < 4.78 is 23.5. The van der Waals surface area contributed by atoms with Gasteiger partial charge in [0, 0.05) is 0 Å². The summed E-state index contributed by atoms with van der Waals surface area (Å²) in [5, 5.41) is 0. The summed E-state index contributed by atoms with van der Waals surface area (Å²) in [4.78, 5) is 67.9. The van der Waals surface area contributed by atoms with E-state index in [2.05, 4.69) is 0 Å². The van der Waals surface area contributed by atoms with Crippen molar-refractivity contribution in [3.63, 3.8) is 0 Å². The summed E-state index contributed by atoms with van der Waals surface area (Å²) in [5.74, 6) is -3.73. The molecule has 0 aromatic heterocycles. The Hall–Kier alpha value is -5.32. The number of carbonyl (C=O) groups excluding carboxylic acids is 5. The Morgan fingerprint density at radius 2 is 1.02 bits per heavy atom. The first-order valence-electron chi connectivity index (χ1n) is 14.3. The summed E-state index contributed by atoms with van der Waals surface area (Å²) in [6, 6.07) is 29.0. The summed E-state index contributed by atoms with van der Waals surface area (Å²) in [5.41, 5.74) is -0.637. The van der Waals surface area contributed by atoms with E-state index in [1.807, 2.05) is 0 Å². The molecule has 2 aliphatic rings. The number of esters is 3. The second kappa shape index (κ2) is 13.4. The number of amides is 2. The Balaban J connectivity index is 1.39. The predicted octanol–water partition coefficient (Wildman–Crippen LogP) is 4.92. The number of carbonyl (C=O) groups is 5. The summed E-state index contributed by atoms with van der Waals surface area (Å²) in [7, 11) is 0. The van der Waals surface area contributed by atoms with Gasteiger partial charge in [-0.05, 0) is 48.5 Å². The fourth-order valence-electron chi connectivity index (χ4n) is 5.38. The summed E-state index contributed by atoms with van der Waals surface area (Å²) in [6.07, 6.45) is -4.31. The van der Waals surface area contributed by atoms with E-state index in [0.29, 0.717) is 0 Å². The molecule has 4 aromatic rings. The summed E-state index contributed by atoms with van der Waals surface area (Å²) >= 11 is 6.77. The maximum absolute atomic E-state index is 13.6. The van der Waals surface area contributed by atoms with Gasteiger partial charge in [-0.3, -0.25) is 14.5 Å². The van der Waals surface area contributed by atoms with Crippen LogP contribution in [0.2, 0.25) is 0 Å². The Kier molecular flexibility index (Phi) is 8.91. The predicted molar refractivity (Wildman–Crippen MR) is 163 cm³/mol. The fourth-order valence-corrected chi connectivity index (χ4v) is 5.77. The van der Waals surface area contributed by atoms with Gasteiger partial charge in [-0.25, -0.2) is 14.4 Å². The maximum atomic E-state index is 13.6. The lowest BCUT2D eigenvalue weighted by Gasteiger charge is -2.45. The van der Waals surface area contributed by atoms with Crippen molar-refractivity contribution in [2.75, 3.05) is 6.61 Å². The Labute approximate surface area is 268 Å². The molecule has 6 rings (SSSR count). The van der Waals surface area contributed by atoms with Crippen LogP contribution in [0, 0.1) is 0 Å². The number of fused-ring (bicyclic) bond motifs is 1. The molecule has 0 saturated carbocycles. The van der Waals surface area contributed by atoms with Gasteiger partial charge >= 0.3 is 17.9 Å². The molecule has 11 heteroatoms. The average Bonchev–Trinajstić information content (AvgIpc) is 3.34. The van der Waals surface area contributed by atoms with Crippen LogP contribution >= 0.6 is 11.6 Å². The fraction of sp³-hybridized carbons (Fsp3) is 0.171. The number of halogens is 1. The highest BCUT2D eigenvalue weighted by Gasteiger charge is 2.56. The van der Waals surface area contributed by atoms with Gasteiger partial charge in [0.1, 0.15) is 18.8 Å². The van der Waals surface area contributed by atoms with Crippen LogP contribution in [0.3, 0.4) is 0 Å². The van der Waals surface area contributed by atoms with Crippen molar-refractivity contribution in [3.8, 4) is 0 Å². The number of hydrogen-bond acceptors (Lipinski definition) is 9. The van der Waals surface area contributed by atoms with E-state index in [0.717, 1.165) is 4.90 Å². The Bertz CT molecular complexity index is 1730. The van der Waals surface area contributed by atoms with Crippen LogP contribution in [0.1, 0.15) is 51.8 Å². The third kappa shape index (κ3) is 6.13. The third-order valence-electron chi connectivity index (χ3n) is 7.62. The molecular weight excluding hydrogens is 614 g/mol. The van der Waals surface area contributed by atoms with Crippen LogP contribution in [0.15, 0.2) is 115 Å². The van der Waals surface area contributed by atoms with Crippen LogP contribution in [-0.4, -0.2) is 71.1 Å². The lowest BCUT2D eigenvalue weighted by atomic mass is 9.95. The molecular formula is C35H26ClNO9. The number of benzene rings is 4. The second-order valence-electron chi connectivity index (χ2n) is 10.5. The van der Waals surface area contributed by atoms with Crippen molar-refractivity contribution in [2.24, 2.45) is 0 Å². The molecule has 2 amide bonds. The molecule has 10 nitrogen and oxygen atoms in total. The van der Waals surface area contributed by atoms with E-state index in [-0.39, 0.29) is 27.8 Å². The lowest BCUT2D eigenvalue weighted by Crippen LogP contribution is -2.66. The topological polar surface area (TPSA) is 126 Å². The monoisotopic (exact) mass is 639 g/mol. The molecule has 0 aliphatic carbocycles. The average molecular weight is 640 g/mol. The van der Waals surface area contributed by atoms with Gasteiger partial charge in [0.25, 0.3) is 11.8 Å². The number of hydrogen-bond donors (Lipinski definition) is 0. The smallest absolute Gasteiger partial charge is 0.338 e. The number of nitrogens with zero attached hydrogens (tertiary/aromatic N) is 1. The van der Waals surface area contributed by atoms with Gasteiger partial charge in [0.15, 0.2) is 17.8 Å². The van der Waals surface area contributed by atoms with E-state index in [1.165, 1.54) is 36.4 Å². The zero-order valence-corrected chi connectivity index (χ0v) is 24.8. The van der Waals surface area contributed by atoms with Crippen molar-refractivity contribution in [2.45, 2.75) is 29.9 Å². The first-order chi connectivity index (χ1) is 22.3. The largest absolute Gasteiger partial charge is 0.459 e. The first-order valence-corrected chi connectivity index (χ1v) is 14.8. The third-order valence-corrected chi connectivity index (χ3v) is 7.98. The molecule has 2 aliphatic heterocycles. The molecule has 0 radical (unpaired) electrons. The van der Waals surface area contributed by atoms with Crippen molar-refractivity contribution in [3.05, 3.63) is 143 Å². The number of rotatable bonds is 8. The zero-order valence-electron chi connectivity index (χ0n) is 24.1. The van der Waals surface area contributed by atoms with Gasteiger partial charge in [-0.1, -0.05) is 78.3 Å². The molecule has 5 atom stereocenters. The van der Waals surface area contributed by atoms with E-state index in [4.69, 9.17) is 30.5 Å². The summed E-state index contributed by atoms with van der Waals surface area (Å²) in [6.45, 7) is -0.474. The molecule has 2 heterocycles. The van der Waals surface area contributed by atoms with Gasteiger partial charge in [-0.2, -0.15) is 0 Å². The van der Waals surface area contributed by atoms with Crippen LogP contribution in [-0.2, 0) is 18.9 Å². The highest BCUT2D eigenvalue weighted by Crippen LogP contribution is 2.37. The van der Waals surface area contributed by atoms with Crippen molar-refractivity contribution < 1.29 is 42.9 Å². The quantitative estimate of drug-likeness (QED) is 0.114. The highest BCUT2D eigenvalue weighted by molar-refractivity contribution is 6.24. The molecule has 0 N–H and O–H groups in total. The Morgan fingerprint density at radius 3 is 1.50 bits per heavy atom. The van der Waals surface area contributed by atoms with E-state index in [1.54, 1.807) is 78.9 Å². The number of imide groups is 1. The Morgan fingerprint density at radius 1 is 0.609 bits per heavy atom. The minimum Gasteiger partial charge on any atom is -0.459 e. The minimum absolute atomic E-state index is 0.126. The van der Waals surface area contributed by atoms with Crippen LogP contribution in [0.5, 0.6) is 0 Å². The van der Waals surface area contributed by atoms with Gasteiger partial charge in [0.2, 0.25) is 0 Å². The molecule has 232 valence electrons. The molecule has 0 bridgehead atoms. The molecule has 1 fully saturated rings. The van der Waals surface area contributed by atoms with Gasteiger partial charge < -0.3 is 18.9 Å². The minimum atomic E-state index is -1.54. The van der Waals surface area contributed by atoms with Crippen molar-refractivity contribution in [1.82, 2.24) is 4.90 Å². The maximum Gasteiger partial charge on any atom is 0.338 e. The van der Waals surface area contributed by atoms with Crippen molar-refractivity contribution >= 4 is 41.3 Å². The van der Waals surface area contributed by atoms with Crippen LogP contribution in [0.4, 0.5) is 0 Å². The standard InChI is InChI=1S/C35H26ClNO9/c36-30-27(37-31(38)24-18-10-11-19-25(24)32(37)39)29(46-35(42)23-16-8-3-9-17-23)28(45-34(41)22-14-6-2-7-15-22)26(44-30)20-43-33(40)21-12-4-1-5-13-21/h1-19,26-30H,20H2/t26-,27+,28+,29+,30-/m0/s1. The molecule has 0 unspecified atom stereocenters. The van der Waals surface area contributed by atoms with E-state index < -0.39 is 66.2 Å². The van der Waals surface area contributed by atoms with E-state index >= 15 is 0 Å². The molecule has 46 heavy (non-hydrogen) atoms. The number of alkyl halides is 1. The van der Waals surface area contributed by atoms with E-state index in [9.17, 15) is 24.0 Å². The van der Waals surface area contributed by atoms with Gasteiger partial charge in [-0.15, -0.1) is 0 Å². The van der Waals surface area contributed by atoms with Crippen molar-refractivity contribution in [1.29, 1.82) is 0 Å². The van der Waals surface area contributed by atoms with Gasteiger partial charge in [0.05, 0.1) is 27.8 Å². The SMILES string of the molecule is O=C(OC[C@@H]1O[C@H](Cl)[C@H](N2C(=O)c3ccccc3C2=O)[C@@H](OC(=O)c2ccccc2)[C@@H]1OC(=O)c1ccccc1)c1ccccc1. The molecule has 1 saturated heterocycles. The molecule has 0 spiro atoms. The highest BCUT2D eigenvalue weighted by atomic mass is 35.5. The number of ether oxygens (including phenoxy) is 4. The van der Waals surface area contributed by atoms with Crippen LogP contribution < -0.4 is 0 Å². The first kappa shape index (κ1) is 30.7. The molecule has 4 aromatic carbocycles.